The average molecular weight is 390 g/mol. The normalized spacial score (nSPS) is 10.0. The second kappa shape index (κ2) is 10.2. The zero-order valence-electron chi connectivity index (χ0n) is 14.8. The standard InChI is InChI=1S/C19H20ClN3O4/c1-13-11-15(7-8-16(13)20)27-12-19(26)23-22-18(25)10-9-17(24)21-14-5-3-2-4-6-14/h2-8,11H,9-10,12H2,1H3,(H,21,24)(H,22,25)(H,23,26). The predicted molar refractivity (Wildman–Crippen MR) is 102 cm³/mol. The number of hydrazine groups is 1. The van der Waals surface area contributed by atoms with Gasteiger partial charge in [-0.25, -0.2) is 0 Å². The number of hydrogen-bond donors (Lipinski definition) is 3. The first-order chi connectivity index (χ1) is 12.9. The SMILES string of the molecule is Cc1cc(OCC(=O)NNC(=O)CCC(=O)Nc2ccccc2)ccc1Cl. The third kappa shape index (κ3) is 7.37. The van der Waals surface area contributed by atoms with Crippen molar-refractivity contribution < 1.29 is 19.1 Å². The van der Waals surface area contributed by atoms with Gasteiger partial charge in [-0.15, -0.1) is 0 Å². The lowest BCUT2D eigenvalue weighted by molar-refractivity contribution is -0.130. The number of anilines is 1. The van der Waals surface area contributed by atoms with Gasteiger partial charge in [0.1, 0.15) is 5.75 Å². The summed E-state index contributed by atoms with van der Waals surface area (Å²) in [6, 6.07) is 14.0. The molecule has 0 aliphatic heterocycles. The number of nitrogens with one attached hydrogen (secondary N) is 3. The van der Waals surface area contributed by atoms with E-state index in [2.05, 4.69) is 16.2 Å². The van der Waals surface area contributed by atoms with Crippen LogP contribution in [0.15, 0.2) is 48.5 Å². The van der Waals surface area contributed by atoms with E-state index in [1.165, 1.54) is 0 Å². The molecule has 0 bridgehead atoms. The lowest BCUT2D eigenvalue weighted by Gasteiger charge is -2.10. The zero-order chi connectivity index (χ0) is 19.6. The molecule has 0 radical (unpaired) electrons. The van der Waals surface area contributed by atoms with Crippen LogP contribution in [0.1, 0.15) is 18.4 Å². The lowest BCUT2D eigenvalue weighted by Crippen LogP contribution is -2.44. The molecule has 0 aliphatic rings. The topological polar surface area (TPSA) is 96.5 Å². The first kappa shape index (κ1) is 20.3. The second-order valence-corrected chi connectivity index (χ2v) is 6.12. The van der Waals surface area contributed by atoms with Gasteiger partial charge in [-0.3, -0.25) is 25.2 Å². The van der Waals surface area contributed by atoms with Crippen LogP contribution >= 0.6 is 11.6 Å². The molecule has 142 valence electrons. The Morgan fingerprint density at radius 1 is 0.926 bits per heavy atom. The number of rotatable bonds is 7. The highest BCUT2D eigenvalue weighted by Crippen LogP contribution is 2.20. The molecule has 0 aliphatic carbocycles. The number of ether oxygens (including phenoxy) is 1. The Morgan fingerprint density at radius 3 is 2.30 bits per heavy atom. The van der Waals surface area contributed by atoms with E-state index in [1.54, 1.807) is 42.5 Å². The van der Waals surface area contributed by atoms with E-state index in [1.807, 2.05) is 13.0 Å². The van der Waals surface area contributed by atoms with Crippen LogP contribution in [0.2, 0.25) is 5.02 Å². The molecule has 0 unspecified atom stereocenters. The minimum Gasteiger partial charge on any atom is -0.484 e. The Morgan fingerprint density at radius 2 is 1.59 bits per heavy atom. The largest absolute Gasteiger partial charge is 0.484 e. The molecule has 7 nitrogen and oxygen atoms in total. The monoisotopic (exact) mass is 389 g/mol. The Balaban J connectivity index is 1.63. The summed E-state index contributed by atoms with van der Waals surface area (Å²) in [7, 11) is 0. The highest BCUT2D eigenvalue weighted by atomic mass is 35.5. The Hall–Kier alpha value is -3.06. The van der Waals surface area contributed by atoms with Crippen molar-refractivity contribution in [1.29, 1.82) is 0 Å². The smallest absolute Gasteiger partial charge is 0.276 e. The molecule has 2 rings (SSSR count). The molecule has 0 saturated carbocycles. The molecular weight excluding hydrogens is 370 g/mol. The van der Waals surface area contributed by atoms with Crippen LogP contribution in [0.3, 0.4) is 0 Å². The fraction of sp³-hybridized carbons (Fsp3) is 0.211. The van der Waals surface area contributed by atoms with E-state index >= 15 is 0 Å². The third-order valence-electron chi connectivity index (χ3n) is 3.48. The summed E-state index contributed by atoms with van der Waals surface area (Å²) in [6.45, 7) is 1.55. The summed E-state index contributed by atoms with van der Waals surface area (Å²) in [5.41, 5.74) is 5.96. The van der Waals surface area contributed by atoms with Crippen molar-refractivity contribution in [3.63, 3.8) is 0 Å². The number of aryl methyl sites for hydroxylation is 1. The molecule has 0 saturated heterocycles. The fourth-order valence-corrected chi connectivity index (χ4v) is 2.18. The molecule has 0 aromatic heterocycles. The highest BCUT2D eigenvalue weighted by molar-refractivity contribution is 6.31. The number of hydrogen-bond acceptors (Lipinski definition) is 4. The molecule has 0 spiro atoms. The minimum absolute atomic E-state index is 0.00283. The van der Waals surface area contributed by atoms with Gasteiger partial charge in [0, 0.05) is 23.6 Å². The van der Waals surface area contributed by atoms with Gasteiger partial charge in [0.2, 0.25) is 11.8 Å². The maximum absolute atomic E-state index is 11.8. The summed E-state index contributed by atoms with van der Waals surface area (Å²) in [6.07, 6.45) is -0.0622. The molecule has 0 atom stereocenters. The van der Waals surface area contributed by atoms with Crippen LogP contribution in [0, 0.1) is 6.92 Å². The summed E-state index contributed by atoms with van der Waals surface area (Å²) in [5, 5.41) is 3.28. The number of carbonyl (C=O) groups excluding carboxylic acids is 3. The predicted octanol–water partition coefficient (Wildman–Crippen LogP) is 2.59. The van der Waals surface area contributed by atoms with Crippen molar-refractivity contribution in [2.24, 2.45) is 0 Å². The maximum Gasteiger partial charge on any atom is 0.276 e. The molecule has 2 aromatic rings. The van der Waals surface area contributed by atoms with Crippen LogP contribution < -0.4 is 20.9 Å². The Labute approximate surface area is 162 Å². The Bertz CT molecular complexity index is 812. The molecule has 27 heavy (non-hydrogen) atoms. The van der Waals surface area contributed by atoms with Crippen LogP contribution in [-0.4, -0.2) is 24.3 Å². The van der Waals surface area contributed by atoms with Crippen molar-refractivity contribution in [2.45, 2.75) is 19.8 Å². The molecule has 2 aromatic carbocycles. The van der Waals surface area contributed by atoms with Gasteiger partial charge >= 0.3 is 0 Å². The number of amides is 3. The summed E-state index contributed by atoms with van der Waals surface area (Å²) < 4.78 is 5.31. The molecule has 3 amide bonds. The van der Waals surface area contributed by atoms with Gasteiger partial charge in [-0.2, -0.15) is 0 Å². The number of para-hydroxylation sites is 1. The number of halogens is 1. The minimum atomic E-state index is -0.523. The van der Waals surface area contributed by atoms with E-state index in [4.69, 9.17) is 16.3 Å². The van der Waals surface area contributed by atoms with Gasteiger partial charge in [-0.05, 0) is 42.8 Å². The number of carbonyl (C=O) groups is 3. The maximum atomic E-state index is 11.8. The highest BCUT2D eigenvalue weighted by Gasteiger charge is 2.09. The second-order valence-electron chi connectivity index (χ2n) is 5.71. The van der Waals surface area contributed by atoms with Crippen molar-refractivity contribution in [1.82, 2.24) is 10.9 Å². The van der Waals surface area contributed by atoms with Crippen LogP contribution in [0.5, 0.6) is 5.75 Å². The quantitative estimate of drug-likeness (QED) is 0.634. The number of benzene rings is 2. The first-order valence-corrected chi connectivity index (χ1v) is 8.63. The molecule has 0 fully saturated rings. The first-order valence-electron chi connectivity index (χ1n) is 8.25. The van der Waals surface area contributed by atoms with E-state index in [0.717, 1.165) is 5.56 Å². The molecular formula is C19H20ClN3O4. The van der Waals surface area contributed by atoms with E-state index in [9.17, 15) is 14.4 Å². The van der Waals surface area contributed by atoms with Gasteiger partial charge in [0.05, 0.1) is 0 Å². The van der Waals surface area contributed by atoms with E-state index in [-0.39, 0.29) is 25.4 Å². The average Bonchev–Trinajstić information content (AvgIpc) is 2.66. The Kier molecular flexibility index (Phi) is 7.63. The van der Waals surface area contributed by atoms with E-state index < -0.39 is 11.8 Å². The summed E-state index contributed by atoms with van der Waals surface area (Å²) in [4.78, 5) is 35.2. The van der Waals surface area contributed by atoms with Crippen molar-refractivity contribution in [3.05, 3.63) is 59.1 Å². The van der Waals surface area contributed by atoms with Crippen molar-refractivity contribution in [3.8, 4) is 5.75 Å². The lowest BCUT2D eigenvalue weighted by atomic mass is 10.2. The van der Waals surface area contributed by atoms with Crippen molar-refractivity contribution in [2.75, 3.05) is 11.9 Å². The molecule has 0 heterocycles. The summed E-state index contributed by atoms with van der Waals surface area (Å²) in [5.74, 6) is -0.793. The van der Waals surface area contributed by atoms with Crippen LogP contribution in [0.25, 0.3) is 0 Å². The molecule has 3 N–H and O–H groups in total. The summed E-state index contributed by atoms with van der Waals surface area (Å²) >= 11 is 5.91. The van der Waals surface area contributed by atoms with E-state index in [0.29, 0.717) is 16.5 Å². The third-order valence-corrected chi connectivity index (χ3v) is 3.90. The fourth-order valence-electron chi connectivity index (χ4n) is 2.07. The van der Waals surface area contributed by atoms with Gasteiger partial charge in [0.15, 0.2) is 6.61 Å². The molecule has 8 heteroatoms. The van der Waals surface area contributed by atoms with Gasteiger partial charge in [-0.1, -0.05) is 29.8 Å². The van der Waals surface area contributed by atoms with Gasteiger partial charge < -0.3 is 10.1 Å². The van der Waals surface area contributed by atoms with Crippen LogP contribution in [0.4, 0.5) is 5.69 Å². The van der Waals surface area contributed by atoms with Crippen molar-refractivity contribution >= 4 is 35.0 Å². The zero-order valence-corrected chi connectivity index (χ0v) is 15.5. The van der Waals surface area contributed by atoms with Gasteiger partial charge in [0.25, 0.3) is 5.91 Å². The van der Waals surface area contributed by atoms with Crippen LogP contribution in [-0.2, 0) is 14.4 Å².